The summed E-state index contributed by atoms with van der Waals surface area (Å²) in [4.78, 5) is 17.8. The first-order valence-electron chi connectivity index (χ1n) is 7.93. The van der Waals surface area contributed by atoms with Crippen LogP contribution in [0.25, 0.3) is 10.9 Å². The lowest BCUT2D eigenvalue weighted by atomic mass is 10.0. The Morgan fingerprint density at radius 1 is 1.22 bits per heavy atom. The van der Waals surface area contributed by atoms with Crippen LogP contribution in [0.5, 0.6) is 5.75 Å². The van der Waals surface area contributed by atoms with Crippen LogP contribution in [0, 0.1) is 0 Å². The van der Waals surface area contributed by atoms with Gasteiger partial charge in [0.15, 0.2) is 5.79 Å². The number of hydrogen-bond donors (Lipinski definition) is 1. The maximum atomic E-state index is 12.7. The first-order valence-corrected chi connectivity index (χ1v) is 7.93. The van der Waals surface area contributed by atoms with Gasteiger partial charge >= 0.3 is 0 Å². The number of carbonyl (C=O) groups is 1. The molecule has 3 heterocycles. The molecule has 23 heavy (non-hydrogen) atoms. The van der Waals surface area contributed by atoms with Crippen LogP contribution in [-0.2, 0) is 9.47 Å². The van der Waals surface area contributed by atoms with Crippen molar-refractivity contribution < 1.29 is 19.0 Å². The molecule has 1 N–H and O–H groups in total. The normalized spacial score (nSPS) is 20.3. The van der Waals surface area contributed by atoms with Crippen LogP contribution in [0.4, 0.5) is 0 Å². The van der Waals surface area contributed by atoms with Crippen molar-refractivity contribution in [1.82, 2.24) is 9.88 Å². The molecule has 0 atom stereocenters. The van der Waals surface area contributed by atoms with Crippen molar-refractivity contribution in [2.75, 3.05) is 33.4 Å². The van der Waals surface area contributed by atoms with E-state index in [0.29, 0.717) is 32.0 Å². The SMILES string of the molecule is COc1ccc2[nH]c(C(=O)N3CCC4(CC3)OCCO4)cc2c1. The van der Waals surface area contributed by atoms with Crippen LogP contribution in [0.3, 0.4) is 0 Å². The molecule has 2 aliphatic heterocycles. The van der Waals surface area contributed by atoms with Crippen molar-refractivity contribution in [3.8, 4) is 5.75 Å². The minimum atomic E-state index is -0.454. The molecule has 0 bridgehead atoms. The third kappa shape index (κ3) is 2.58. The maximum Gasteiger partial charge on any atom is 0.270 e. The van der Waals surface area contributed by atoms with Crippen LogP contribution in [0.15, 0.2) is 24.3 Å². The average molecular weight is 316 g/mol. The Labute approximate surface area is 134 Å². The van der Waals surface area contributed by atoms with Gasteiger partial charge in [-0.05, 0) is 24.3 Å². The molecule has 0 unspecified atom stereocenters. The van der Waals surface area contributed by atoms with Gasteiger partial charge in [0.1, 0.15) is 11.4 Å². The number of piperidine rings is 1. The molecule has 0 radical (unpaired) electrons. The van der Waals surface area contributed by atoms with E-state index in [-0.39, 0.29) is 5.91 Å². The molecule has 2 aromatic rings. The van der Waals surface area contributed by atoms with Gasteiger partial charge in [-0.3, -0.25) is 4.79 Å². The average Bonchev–Trinajstić information content (AvgIpc) is 3.21. The van der Waals surface area contributed by atoms with Crippen LogP contribution in [0.2, 0.25) is 0 Å². The second-order valence-electron chi connectivity index (χ2n) is 6.04. The summed E-state index contributed by atoms with van der Waals surface area (Å²) in [5.41, 5.74) is 1.54. The van der Waals surface area contributed by atoms with Gasteiger partial charge in [-0.2, -0.15) is 0 Å². The van der Waals surface area contributed by atoms with E-state index in [9.17, 15) is 4.79 Å². The summed E-state index contributed by atoms with van der Waals surface area (Å²) in [6.07, 6.45) is 1.46. The summed E-state index contributed by atoms with van der Waals surface area (Å²) >= 11 is 0. The van der Waals surface area contributed by atoms with Crippen molar-refractivity contribution >= 4 is 16.8 Å². The number of aromatic nitrogens is 1. The summed E-state index contributed by atoms with van der Waals surface area (Å²) in [7, 11) is 1.64. The molecular formula is C17H20N2O4. The van der Waals surface area contributed by atoms with Gasteiger partial charge in [0.2, 0.25) is 0 Å². The summed E-state index contributed by atoms with van der Waals surface area (Å²) in [5, 5.41) is 0.976. The minimum Gasteiger partial charge on any atom is -0.497 e. The summed E-state index contributed by atoms with van der Waals surface area (Å²) in [5.74, 6) is 0.351. The number of nitrogens with zero attached hydrogens (tertiary/aromatic N) is 1. The molecule has 2 saturated heterocycles. The molecule has 1 amide bonds. The van der Waals surface area contributed by atoms with Gasteiger partial charge in [0.05, 0.1) is 20.3 Å². The number of likely N-dealkylation sites (tertiary alicyclic amines) is 1. The van der Waals surface area contributed by atoms with E-state index in [1.54, 1.807) is 7.11 Å². The standard InChI is InChI=1S/C17H20N2O4/c1-21-13-2-3-14-12(10-13)11-15(18-14)16(20)19-6-4-17(5-7-19)22-8-9-23-17/h2-3,10-11,18H,4-9H2,1H3. The number of H-pyrrole nitrogens is 1. The molecule has 6 nitrogen and oxygen atoms in total. The van der Waals surface area contributed by atoms with Crippen LogP contribution in [0.1, 0.15) is 23.3 Å². The largest absolute Gasteiger partial charge is 0.497 e. The highest BCUT2D eigenvalue weighted by Crippen LogP contribution is 2.32. The smallest absolute Gasteiger partial charge is 0.270 e. The fourth-order valence-electron chi connectivity index (χ4n) is 3.36. The van der Waals surface area contributed by atoms with Crippen LogP contribution >= 0.6 is 0 Å². The van der Waals surface area contributed by atoms with Gasteiger partial charge < -0.3 is 24.1 Å². The highest BCUT2D eigenvalue weighted by molar-refractivity contribution is 5.98. The number of methoxy groups -OCH3 is 1. The number of rotatable bonds is 2. The van der Waals surface area contributed by atoms with Gasteiger partial charge in [0.25, 0.3) is 5.91 Å². The number of carbonyl (C=O) groups excluding carboxylic acids is 1. The molecule has 4 rings (SSSR count). The number of amides is 1. The second-order valence-corrected chi connectivity index (χ2v) is 6.04. The highest BCUT2D eigenvalue weighted by atomic mass is 16.7. The molecular weight excluding hydrogens is 296 g/mol. The van der Waals surface area contributed by atoms with E-state index in [2.05, 4.69) is 4.98 Å². The zero-order valence-electron chi connectivity index (χ0n) is 13.1. The number of aromatic amines is 1. The van der Waals surface area contributed by atoms with E-state index in [4.69, 9.17) is 14.2 Å². The number of fused-ring (bicyclic) bond motifs is 1. The van der Waals surface area contributed by atoms with Crippen molar-refractivity contribution in [2.24, 2.45) is 0 Å². The zero-order chi connectivity index (χ0) is 15.9. The number of benzene rings is 1. The molecule has 0 saturated carbocycles. The Balaban J connectivity index is 1.50. The molecule has 1 aromatic heterocycles. The molecule has 1 spiro atoms. The molecule has 2 fully saturated rings. The quantitative estimate of drug-likeness (QED) is 0.922. The Hall–Kier alpha value is -2.05. The Morgan fingerprint density at radius 2 is 1.96 bits per heavy atom. The lowest BCUT2D eigenvalue weighted by Crippen LogP contribution is -2.47. The third-order valence-electron chi connectivity index (χ3n) is 4.68. The van der Waals surface area contributed by atoms with E-state index in [1.807, 2.05) is 29.2 Å². The summed E-state index contributed by atoms with van der Waals surface area (Å²) in [6.45, 7) is 2.60. The molecule has 0 aliphatic carbocycles. The lowest BCUT2D eigenvalue weighted by Gasteiger charge is -2.37. The van der Waals surface area contributed by atoms with E-state index in [0.717, 1.165) is 29.5 Å². The fourth-order valence-corrected chi connectivity index (χ4v) is 3.36. The molecule has 1 aromatic carbocycles. The van der Waals surface area contributed by atoms with Gasteiger partial charge in [0, 0.05) is 36.8 Å². The predicted molar refractivity (Wildman–Crippen MR) is 84.6 cm³/mol. The van der Waals surface area contributed by atoms with Crippen LogP contribution < -0.4 is 4.74 Å². The van der Waals surface area contributed by atoms with E-state index < -0.39 is 5.79 Å². The number of nitrogens with one attached hydrogen (secondary N) is 1. The molecule has 6 heteroatoms. The van der Waals surface area contributed by atoms with Crippen molar-refractivity contribution in [2.45, 2.75) is 18.6 Å². The Bertz CT molecular complexity index is 723. The van der Waals surface area contributed by atoms with E-state index >= 15 is 0 Å². The Kier molecular flexibility index (Phi) is 3.50. The third-order valence-corrected chi connectivity index (χ3v) is 4.68. The molecule has 2 aliphatic rings. The van der Waals surface area contributed by atoms with E-state index in [1.165, 1.54) is 0 Å². The van der Waals surface area contributed by atoms with Crippen molar-refractivity contribution in [3.05, 3.63) is 30.0 Å². The summed E-state index contributed by atoms with van der Waals surface area (Å²) in [6, 6.07) is 7.62. The zero-order valence-corrected chi connectivity index (χ0v) is 13.1. The van der Waals surface area contributed by atoms with Gasteiger partial charge in [-0.25, -0.2) is 0 Å². The second kappa shape index (κ2) is 5.54. The van der Waals surface area contributed by atoms with Crippen molar-refractivity contribution in [3.63, 3.8) is 0 Å². The fraction of sp³-hybridized carbons (Fsp3) is 0.471. The predicted octanol–water partition coefficient (Wildman–Crippen LogP) is 2.16. The molecule has 122 valence electrons. The number of hydrogen-bond acceptors (Lipinski definition) is 4. The Morgan fingerprint density at radius 3 is 2.65 bits per heavy atom. The summed E-state index contributed by atoms with van der Waals surface area (Å²) < 4.78 is 16.6. The van der Waals surface area contributed by atoms with Gasteiger partial charge in [-0.15, -0.1) is 0 Å². The maximum absolute atomic E-state index is 12.7. The highest BCUT2D eigenvalue weighted by Gasteiger charge is 2.41. The first kappa shape index (κ1) is 14.5. The van der Waals surface area contributed by atoms with Gasteiger partial charge in [-0.1, -0.05) is 0 Å². The topological polar surface area (TPSA) is 63.8 Å². The monoisotopic (exact) mass is 316 g/mol. The first-order chi connectivity index (χ1) is 11.2. The lowest BCUT2D eigenvalue weighted by molar-refractivity contribution is -0.181. The van der Waals surface area contributed by atoms with Crippen LogP contribution in [-0.4, -0.2) is 55.0 Å². The van der Waals surface area contributed by atoms with Crippen molar-refractivity contribution in [1.29, 1.82) is 0 Å². The number of ether oxygens (including phenoxy) is 3. The minimum absolute atomic E-state index is 0.0213.